The minimum atomic E-state index is -0.525. The number of nitrogens with zero attached hydrogens (tertiary/aromatic N) is 2. The van der Waals surface area contributed by atoms with E-state index in [-0.39, 0.29) is 40.3 Å². The smallest absolute Gasteiger partial charge is 0.295 e. The van der Waals surface area contributed by atoms with Gasteiger partial charge in [-0.1, -0.05) is 38.1 Å². The molecular weight excluding hydrogens is 422 g/mol. The molecule has 0 radical (unpaired) electrons. The first kappa shape index (κ1) is 23.6. The molecule has 3 rings (SSSR count). The number of amides is 1. The Labute approximate surface area is 191 Å². The van der Waals surface area contributed by atoms with Crippen molar-refractivity contribution in [3.8, 4) is 11.4 Å². The molecule has 1 heterocycles. The molecule has 9 heteroatoms. The molecule has 0 bridgehead atoms. The summed E-state index contributed by atoms with van der Waals surface area (Å²) in [5.41, 5.74) is -0.339. The van der Waals surface area contributed by atoms with Gasteiger partial charge in [0.2, 0.25) is 0 Å². The van der Waals surface area contributed by atoms with Crippen LogP contribution in [0.5, 0.6) is 5.75 Å². The number of H-pyrrole nitrogens is 1. The van der Waals surface area contributed by atoms with Gasteiger partial charge in [0.15, 0.2) is 5.75 Å². The van der Waals surface area contributed by atoms with E-state index in [1.165, 1.54) is 17.0 Å². The van der Waals surface area contributed by atoms with E-state index in [1.54, 1.807) is 50.5 Å². The Kier molecular flexibility index (Phi) is 6.91. The summed E-state index contributed by atoms with van der Waals surface area (Å²) in [6.45, 7) is 5.89. The summed E-state index contributed by atoms with van der Waals surface area (Å²) in [4.78, 5) is 40.3. The second-order valence-electron chi connectivity index (χ2n) is 8.37. The van der Waals surface area contributed by atoms with Crippen LogP contribution in [0.3, 0.4) is 0 Å². The van der Waals surface area contributed by atoms with Gasteiger partial charge in [-0.25, -0.2) is 4.68 Å². The van der Waals surface area contributed by atoms with Crippen molar-refractivity contribution >= 4 is 23.0 Å². The normalized spacial score (nSPS) is 11.8. The molecule has 0 aliphatic heterocycles. The van der Waals surface area contributed by atoms with E-state index in [0.29, 0.717) is 5.69 Å². The van der Waals surface area contributed by atoms with E-state index in [9.17, 15) is 19.5 Å². The van der Waals surface area contributed by atoms with Crippen molar-refractivity contribution in [1.82, 2.24) is 14.7 Å². The third-order valence-electron chi connectivity index (χ3n) is 5.43. The van der Waals surface area contributed by atoms with Crippen molar-refractivity contribution in [2.75, 3.05) is 24.7 Å². The molecule has 0 aliphatic carbocycles. The molecular formula is C24H29N5O4. The van der Waals surface area contributed by atoms with Gasteiger partial charge in [0.25, 0.3) is 17.0 Å². The van der Waals surface area contributed by atoms with Gasteiger partial charge in [0.1, 0.15) is 11.4 Å². The molecule has 0 aliphatic rings. The summed E-state index contributed by atoms with van der Waals surface area (Å²) in [6.07, 6.45) is 0. The highest BCUT2D eigenvalue weighted by Crippen LogP contribution is 2.31. The number of aromatic amines is 1. The van der Waals surface area contributed by atoms with Crippen LogP contribution in [0.15, 0.2) is 58.1 Å². The number of aromatic hydroxyl groups is 1. The van der Waals surface area contributed by atoms with E-state index in [2.05, 4.69) is 15.7 Å². The monoisotopic (exact) mass is 451 g/mol. The first-order chi connectivity index (χ1) is 15.6. The summed E-state index contributed by atoms with van der Waals surface area (Å²) in [7, 11) is 3.15. The minimum Gasteiger partial charge on any atom is -0.505 e. The fourth-order valence-electron chi connectivity index (χ4n) is 3.14. The Balaban J connectivity index is 2.20. The van der Waals surface area contributed by atoms with Gasteiger partial charge in [0, 0.05) is 20.1 Å². The lowest BCUT2D eigenvalue weighted by molar-refractivity contribution is 0.0824. The van der Waals surface area contributed by atoms with Crippen molar-refractivity contribution in [3.05, 3.63) is 74.8 Å². The van der Waals surface area contributed by atoms with Gasteiger partial charge in [-0.15, -0.1) is 0 Å². The summed E-state index contributed by atoms with van der Waals surface area (Å²) in [5, 5.41) is 19.4. The zero-order valence-corrected chi connectivity index (χ0v) is 19.3. The first-order valence-electron chi connectivity index (χ1n) is 10.6. The van der Waals surface area contributed by atoms with Crippen molar-refractivity contribution in [3.63, 3.8) is 0 Å². The number of anilines is 3. The predicted molar refractivity (Wildman–Crippen MR) is 130 cm³/mol. The second kappa shape index (κ2) is 9.64. The summed E-state index contributed by atoms with van der Waals surface area (Å²) in [5.74, 6) is -0.524. The zero-order chi connectivity index (χ0) is 24.3. The summed E-state index contributed by atoms with van der Waals surface area (Å²) >= 11 is 0. The summed E-state index contributed by atoms with van der Waals surface area (Å²) < 4.78 is 1.14. The van der Waals surface area contributed by atoms with Gasteiger partial charge < -0.3 is 20.6 Å². The van der Waals surface area contributed by atoms with Crippen molar-refractivity contribution in [2.45, 2.75) is 26.8 Å². The van der Waals surface area contributed by atoms with E-state index >= 15 is 0 Å². The fraction of sp³-hybridized carbons (Fsp3) is 0.292. The van der Waals surface area contributed by atoms with Crippen molar-refractivity contribution in [1.29, 1.82) is 0 Å². The van der Waals surface area contributed by atoms with Crippen LogP contribution in [-0.4, -0.2) is 45.8 Å². The number of hydrogen-bond donors (Lipinski definition) is 4. The number of aromatic nitrogens is 2. The molecule has 0 saturated heterocycles. The Morgan fingerprint density at radius 1 is 1.00 bits per heavy atom. The SMILES string of the molecule is CC(C)C(C)Nc1c(Nc2cccc(C(=O)N(C)C)c2O)c(=O)n(-c2ccccc2)[nH]c1=O. The van der Waals surface area contributed by atoms with Crippen LogP contribution in [0.25, 0.3) is 5.69 Å². The number of carbonyl (C=O) groups excluding carboxylic acids is 1. The molecule has 0 fully saturated rings. The van der Waals surface area contributed by atoms with E-state index in [4.69, 9.17) is 0 Å². The Hall–Kier alpha value is -4.01. The van der Waals surface area contributed by atoms with E-state index < -0.39 is 17.0 Å². The molecule has 0 saturated carbocycles. The molecule has 33 heavy (non-hydrogen) atoms. The molecule has 1 amide bonds. The highest BCUT2D eigenvalue weighted by atomic mass is 16.3. The van der Waals surface area contributed by atoms with Crippen LogP contribution in [-0.2, 0) is 0 Å². The molecule has 174 valence electrons. The molecule has 2 aromatic carbocycles. The van der Waals surface area contributed by atoms with E-state index in [1.807, 2.05) is 20.8 Å². The van der Waals surface area contributed by atoms with Crippen LogP contribution >= 0.6 is 0 Å². The average molecular weight is 452 g/mol. The van der Waals surface area contributed by atoms with Gasteiger partial charge in [0.05, 0.1) is 16.9 Å². The topological polar surface area (TPSA) is 119 Å². The van der Waals surface area contributed by atoms with Gasteiger partial charge in [-0.2, -0.15) is 0 Å². The van der Waals surface area contributed by atoms with Crippen LogP contribution in [0, 0.1) is 5.92 Å². The first-order valence-corrected chi connectivity index (χ1v) is 10.6. The molecule has 1 unspecified atom stereocenters. The number of nitrogens with one attached hydrogen (secondary N) is 3. The van der Waals surface area contributed by atoms with Gasteiger partial charge in [-0.3, -0.25) is 19.5 Å². The van der Waals surface area contributed by atoms with Crippen LogP contribution in [0.1, 0.15) is 31.1 Å². The minimum absolute atomic E-state index is 0.0418. The number of phenols is 1. The largest absolute Gasteiger partial charge is 0.505 e. The van der Waals surface area contributed by atoms with Crippen LogP contribution in [0.4, 0.5) is 17.1 Å². The number of rotatable bonds is 7. The number of hydrogen-bond acceptors (Lipinski definition) is 6. The Bertz CT molecular complexity index is 1260. The van der Waals surface area contributed by atoms with Crippen molar-refractivity contribution in [2.24, 2.45) is 5.92 Å². The third-order valence-corrected chi connectivity index (χ3v) is 5.43. The Morgan fingerprint density at radius 3 is 2.27 bits per heavy atom. The summed E-state index contributed by atoms with van der Waals surface area (Å²) in [6, 6.07) is 13.2. The maximum Gasteiger partial charge on any atom is 0.295 e. The van der Waals surface area contributed by atoms with Crippen LogP contribution < -0.4 is 21.8 Å². The predicted octanol–water partition coefficient (Wildman–Crippen LogP) is 3.13. The lowest BCUT2D eigenvalue weighted by Gasteiger charge is -2.22. The lowest BCUT2D eigenvalue weighted by atomic mass is 10.1. The second-order valence-corrected chi connectivity index (χ2v) is 8.37. The highest BCUT2D eigenvalue weighted by Gasteiger charge is 2.22. The standard InChI is InChI=1S/C24H29N5O4/c1-14(2)15(3)25-19-20(24(33)29(27-22(19)31)16-10-7-6-8-11-16)26-18-13-9-12-17(21(18)30)23(32)28(4)5/h6-15,25-26,30H,1-5H3,(H,27,31). The lowest BCUT2D eigenvalue weighted by Crippen LogP contribution is -2.35. The molecule has 0 spiro atoms. The maximum atomic E-state index is 13.5. The zero-order valence-electron chi connectivity index (χ0n) is 19.3. The Morgan fingerprint density at radius 2 is 1.67 bits per heavy atom. The molecule has 4 N–H and O–H groups in total. The molecule has 3 aromatic rings. The van der Waals surface area contributed by atoms with Crippen molar-refractivity contribution < 1.29 is 9.90 Å². The molecule has 1 atom stereocenters. The maximum absolute atomic E-state index is 13.5. The highest BCUT2D eigenvalue weighted by molar-refractivity contribution is 5.98. The third kappa shape index (κ3) is 4.92. The van der Waals surface area contributed by atoms with Gasteiger partial charge >= 0.3 is 0 Å². The number of phenolic OH excluding ortho intramolecular Hbond substituents is 1. The number of carbonyl (C=O) groups is 1. The number of para-hydroxylation sites is 2. The van der Waals surface area contributed by atoms with Crippen LogP contribution in [0.2, 0.25) is 0 Å². The quantitative estimate of drug-likeness (QED) is 0.410. The number of benzene rings is 2. The van der Waals surface area contributed by atoms with E-state index in [0.717, 1.165) is 4.68 Å². The molecule has 9 nitrogen and oxygen atoms in total. The fourth-order valence-corrected chi connectivity index (χ4v) is 3.14. The molecule has 1 aromatic heterocycles. The van der Waals surface area contributed by atoms with Gasteiger partial charge in [-0.05, 0) is 37.1 Å². The average Bonchev–Trinajstić information content (AvgIpc) is 2.79.